The molecule has 1 rings (SSSR count). The molecule has 1 atom stereocenters. The van der Waals surface area contributed by atoms with E-state index in [4.69, 9.17) is 9.52 Å². The summed E-state index contributed by atoms with van der Waals surface area (Å²) in [7, 11) is 0. The molecule has 0 bridgehead atoms. The average Bonchev–Trinajstić information content (AvgIpc) is 2.87. The summed E-state index contributed by atoms with van der Waals surface area (Å²) in [5, 5.41) is 11.8. The number of amides is 1. The van der Waals surface area contributed by atoms with Crippen molar-refractivity contribution in [2.75, 3.05) is 19.7 Å². The Labute approximate surface area is 114 Å². The number of hydrogen-bond donors (Lipinski definition) is 2. The summed E-state index contributed by atoms with van der Waals surface area (Å²) in [6.45, 7) is 7.18. The molecule has 0 radical (unpaired) electrons. The maximum absolute atomic E-state index is 12.0. The number of nitrogens with one attached hydrogen (secondary N) is 1. The molecule has 0 spiro atoms. The maximum atomic E-state index is 12.0. The first-order valence-corrected chi connectivity index (χ1v) is 6.72. The van der Waals surface area contributed by atoms with Gasteiger partial charge in [0.05, 0.1) is 18.8 Å². The van der Waals surface area contributed by atoms with Crippen LogP contribution in [0.4, 0.5) is 0 Å². The lowest BCUT2D eigenvalue weighted by Crippen LogP contribution is -2.42. The Morgan fingerprint density at radius 1 is 1.47 bits per heavy atom. The second-order valence-corrected chi connectivity index (χ2v) is 4.95. The predicted octanol–water partition coefficient (Wildman–Crippen LogP) is 1.55. The van der Waals surface area contributed by atoms with Crippen LogP contribution in [0.5, 0.6) is 0 Å². The minimum atomic E-state index is -0.130. The van der Waals surface area contributed by atoms with Crippen LogP contribution in [0.2, 0.25) is 0 Å². The van der Waals surface area contributed by atoms with Gasteiger partial charge in [-0.15, -0.1) is 0 Å². The van der Waals surface area contributed by atoms with Crippen molar-refractivity contribution in [3.8, 4) is 0 Å². The fourth-order valence-corrected chi connectivity index (χ4v) is 1.87. The molecule has 0 aliphatic carbocycles. The van der Waals surface area contributed by atoms with Crippen molar-refractivity contribution in [2.24, 2.45) is 0 Å². The Bertz CT molecular complexity index is 363. The number of hydrogen-bond acceptors (Lipinski definition) is 4. The van der Waals surface area contributed by atoms with Crippen LogP contribution in [-0.2, 0) is 4.79 Å². The first-order chi connectivity index (χ1) is 9.04. The van der Waals surface area contributed by atoms with Crippen LogP contribution < -0.4 is 5.32 Å². The Balaban J connectivity index is 2.43. The van der Waals surface area contributed by atoms with Gasteiger partial charge in [-0.1, -0.05) is 0 Å². The molecule has 1 amide bonds. The highest BCUT2D eigenvalue weighted by Crippen LogP contribution is 2.12. The van der Waals surface area contributed by atoms with Crippen LogP contribution >= 0.6 is 0 Å². The van der Waals surface area contributed by atoms with E-state index < -0.39 is 0 Å². The average molecular weight is 268 g/mol. The van der Waals surface area contributed by atoms with Gasteiger partial charge in [0.25, 0.3) is 0 Å². The number of aliphatic hydroxyl groups is 1. The molecule has 5 heteroatoms. The van der Waals surface area contributed by atoms with Crippen molar-refractivity contribution in [1.82, 2.24) is 10.2 Å². The lowest BCUT2D eigenvalue weighted by molar-refractivity contribution is -0.123. The minimum absolute atomic E-state index is 0.0319. The van der Waals surface area contributed by atoms with Gasteiger partial charge in [-0.05, 0) is 39.3 Å². The van der Waals surface area contributed by atoms with Crippen molar-refractivity contribution in [2.45, 2.75) is 39.3 Å². The van der Waals surface area contributed by atoms with Gasteiger partial charge in [0.2, 0.25) is 5.91 Å². The molecule has 0 fully saturated rings. The summed E-state index contributed by atoms with van der Waals surface area (Å²) in [6.07, 6.45) is 2.28. The number of carbonyl (C=O) groups is 1. The Morgan fingerprint density at radius 3 is 2.74 bits per heavy atom. The van der Waals surface area contributed by atoms with E-state index in [0.717, 1.165) is 12.3 Å². The third-order valence-electron chi connectivity index (χ3n) is 3.03. The van der Waals surface area contributed by atoms with Crippen LogP contribution in [0.25, 0.3) is 0 Å². The van der Waals surface area contributed by atoms with Gasteiger partial charge in [0, 0.05) is 19.2 Å². The molecular weight excluding hydrogens is 244 g/mol. The Hall–Kier alpha value is -1.33. The monoisotopic (exact) mass is 268 g/mol. The molecule has 0 aliphatic rings. The second kappa shape index (κ2) is 7.96. The molecule has 5 nitrogen and oxygen atoms in total. The zero-order valence-corrected chi connectivity index (χ0v) is 11.9. The number of nitrogens with zero attached hydrogens (tertiary/aromatic N) is 1. The summed E-state index contributed by atoms with van der Waals surface area (Å²) in [4.78, 5) is 14.0. The van der Waals surface area contributed by atoms with E-state index in [1.165, 1.54) is 0 Å². The highest BCUT2D eigenvalue weighted by molar-refractivity contribution is 5.78. The summed E-state index contributed by atoms with van der Waals surface area (Å²) < 4.78 is 5.25. The first-order valence-electron chi connectivity index (χ1n) is 6.72. The van der Waals surface area contributed by atoms with Gasteiger partial charge in [0.15, 0.2) is 0 Å². The molecule has 1 unspecified atom stereocenters. The Kier molecular flexibility index (Phi) is 6.59. The van der Waals surface area contributed by atoms with Gasteiger partial charge in [-0.2, -0.15) is 0 Å². The minimum Gasteiger partial charge on any atom is -0.467 e. The number of carbonyl (C=O) groups excluding carboxylic acids is 1. The van der Waals surface area contributed by atoms with Gasteiger partial charge in [-0.3, -0.25) is 9.69 Å². The molecule has 1 aromatic rings. The molecule has 0 aromatic carbocycles. The number of furan rings is 1. The molecular formula is C14H24N2O3. The van der Waals surface area contributed by atoms with Crippen LogP contribution in [-0.4, -0.2) is 41.7 Å². The maximum Gasteiger partial charge on any atom is 0.234 e. The molecule has 0 saturated carbocycles. The third kappa shape index (κ3) is 5.44. The summed E-state index contributed by atoms with van der Waals surface area (Å²) in [5.74, 6) is 0.718. The topological polar surface area (TPSA) is 65.7 Å². The second-order valence-electron chi connectivity index (χ2n) is 4.95. The van der Waals surface area contributed by atoms with Gasteiger partial charge < -0.3 is 14.8 Å². The van der Waals surface area contributed by atoms with E-state index in [2.05, 4.69) is 5.32 Å². The van der Waals surface area contributed by atoms with E-state index in [1.807, 2.05) is 31.7 Å². The lowest BCUT2D eigenvalue weighted by Gasteiger charge is -2.26. The van der Waals surface area contributed by atoms with Gasteiger partial charge in [-0.25, -0.2) is 0 Å². The molecule has 0 saturated heterocycles. The molecule has 19 heavy (non-hydrogen) atoms. The van der Waals surface area contributed by atoms with E-state index in [0.29, 0.717) is 13.0 Å². The van der Waals surface area contributed by atoms with Crippen LogP contribution in [0.3, 0.4) is 0 Å². The molecule has 0 aliphatic heterocycles. The largest absolute Gasteiger partial charge is 0.467 e. The fraction of sp³-hybridized carbons (Fsp3) is 0.643. The Morgan fingerprint density at radius 2 is 2.21 bits per heavy atom. The van der Waals surface area contributed by atoms with Crippen LogP contribution in [0.15, 0.2) is 22.8 Å². The smallest absolute Gasteiger partial charge is 0.234 e. The van der Waals surface area contributed by atoms with E-state index in [9.17, 15) is 4.79 Å². The lowest BCUT2D eigenvalue weighted by atomic mass is 10.2. The molecule has 1 aromatic heterocycles. The first kappa shape index (κ1) is 15.7. The van der Waals surface area contributed by atoms with Crippen molar-refractivity contribution in [3.05, 3.63) is 24.2 Å². The molecule has 1 heterocycles. The van der Waals surface area contributed by atoms with Gasteiger partial charge >= 0.3 is 0 Å². The number of rotatable bonds is 8. The highest BCUT2D eigenvalue weighted by Gasteiger charge is 2.16. The summed E-state index contributed by atoms with van der Waals surface area (Å²) in [5.41, 5.74) is 0. The number of aliphatic hydroxyl groups excluding tert-OH is 1. The normalized spacial score (nSPS) is 12.9. The summed E-state index contributed by atoms with van der Waals surface area (Å²) >= 11 is 0. The van der Waals surface area contributed by atoms with Crippen molar-refractivity contribution >= 4 is 5.91 Å². The third-order valence-corrected chi connectivity index (χ3v) is 3.03. The van der Waals surface area contributed by atoms with Crippen LogP contribution in [0, 0.1) is 0 Å². The molecule has 108 valence electrons. The molecule has 2 N–H and O–H groups in total. The van der Waals surface area contributed by atoms with Crippen molar-refractivity contribution in [1.29, 1.82) is 0 Å². The fourth-order valence-electron chi connectivity index (χ4n) is 1.87. The van der Waals surface area contributed by atoms with Crippen LogP contribution in [0.1, 0.15) is 39.0 Å². The van der Waals surface area contributed by atoms with E-state index in [-0.39, 0.29) is 24.6 Å². The summed E-state index contributed by atoms with van der Waals surface area (Å²) in [6, 6.07) is 3.79. The zero-order valence-electron chi connectivity index (χ0n) is 11.9. The van der Waals surface area contributed by atoms with E-state index in [1.54, 1.807) is 12.3 Å². The highest BCUT2D eigenvalue weighted by atomic mass is 16.3. The van der Waals surface area contributed by atoms with E-state index >= 15 is 0 Å². The standard InChI is InChI=1S/C14H24N2O3/c1-11(2)16(7-5-8-17)10-14(18)15-12(3)13-6-4-9-19-13/h4,6,9,11-12,17H,5,7-8,10H2,1-3H3,(H,15,18). The van der Waals surface area contributed by atoms with Gasteiger partial charge in [0.1, 0.15) is 5.76 Å². The predicted molar refractivity (Wildman–Crippen MR) is 73.7 cm³/mol. The zero-order chi connectivity index (χ0) is 14.3. The van der Waals surface area contributed by atoms with Crippen molar-refractivity contribution < 1.29 is 14.3 Å². The SMILES string of the molecule is CC(NC(=O)CN(CCCO)C(C)C)c1ccco1. The van der Waals surface area contributed by atoms with Crippen molar-refractivity contribution in [3.63, 3.8) is 0 Å². The quantitative estimate of drug-likeness (QED) is 0.751.